The van der Waals surface area contributed by atoms with Gasteiger partial charge in [-0.25, -0.2) is 0 Å². The number of halogens is 1. The van der Waals surface area contributed by atoms with E-state index in [1.807, 2.05) is 23.0 Å². The summed E-state index contributed by atoms with van der Waals surface area (Å²) >= 11 is 1.97. The van der Waals surface area contributed by atoms with E-state index in [1.165, 1.54) is 45.3 Å². The Kier molecular flexibility index (Phi) is 6.32. The Hall–Kier alpha value is 0.650. The molecule has 1 heterocycles. The van der Waals surface area contributed by atoms with E-state index in [0.717, 1.165) is 12.5 Å². The fourth-order valence-corrected chi connectivity index (χ4v) is 2.09. The van der Waals surface area contributed by atoms with Crippen LogP contribution in [0.25, 0.3) is 0 Å². The average molecular weight is 297 g/mol. The van der Waals surface area contributed by atoms with Gasteiger partial charge >= 0.3 is 0 Å². The maximum atomic E-state index is 5.00. The number of nitrogens with zero attached hydrogens (tertiary/aromatic N) is 1. The molecular weight excluding hydrogens is 277 g/mol. The summed E-state index contributed by atoms with van der Waals surface area (Å²) in [6.07, 6.45) is 5.28. The van der Waals surface area contributed by atoms with Crippen molar-refractivity contribution in [2.24, 2.45) is 5.92 Å². The van der Waals surface area contributed by atoms with E-state index in [9.17, 15) is 0 Å². The smallest absolute Gasteiger partial charge is 0.109 e. The third-order valence-corrected chi connectivity index (χ3v) is 3.26. The van der Waals surface area contributed by atoms with E-state index in [2.05, 4.69) is 11.8 Å². The summed E-state index contributed by atoms with van der Waals surface area (Å²) < 4.78 is 5.00. The van der Waals surface area contributed by atoms with Crippen LogP contribution >= 0.6 is 23.0 Å². The molecule has 78 valence electrons. The van der Waals surface area contributed by atoms with E-state index >= 15 is 0 Å². The highest BCUT2D eigenvalue weighted by Crippen LogP contribution is 2.16. The fraction of sp³-hybridized carbons (Fsp3) is 1.00. The van der Waals surface area contributed by atoms with Gasteiger partial charge in [0.05, 0.1) is 6.61 Å². The van der Waals surface area contributed by atoms with Crippen molar-refractivity contribution in [2.75, 3.05) is 26.2 Å². The molecule has 1 saturated heterocycles. The molecule has 13 heavy (non-hydrogen) atoms. The summed E-state index contributed by atoms with van der Waals surface area (Å²) in [7, 11) is 0. The summed E-state index contributed by atoms with van der Waals surface area (Å²) in [6.45, 7) is 7.16. The second-order valence-corrected chi connectivity index (χ2v) is 4.67. The van der Waals surface area contributed by atoms with Crippen LogP contribution in [-0.4, -0.2) is 31.1 Å². The van der Waals surface area contributed by atoms with Gasteiger partial charge in [-0.15, -0.1) is 0 Å². The van der Waals surface area contributed by atoms with Gasteiger partial charge in [0.25, 0.3) is 0 Å². The lowest BCUT2D eigenvalue weighted by Crippen LogP contribution is -2.33. The molecule has 0 saturated carbocycles. The third-order valence-electron chi connectivity index (χ3n) is 2.82. The molecule has 0 radical (unpaired) electrons. The minimum Gasteiger partial charge on any atom is -0.316 e. The van der Waals surface area contributed by atoms with Crippen molar-refractivity contribution in [1.82, 2.24) is 4.90 Å². The van der Waals surface area contributed by atoms with Crippen molar-refractivity contribution in [2.45, 2.75) is 32.6 Å². The largest absolute Gasteiger partial charge is 0.316 e. The zero-order chi connectivity index (χ0) is 9.52. The van der Waals surface area contributed by atoms with Crippen LogP contribution in [-0.2, 0) is 3.07 Å². The molecular formula is C10H20INO. The summed E-state index contributed by atoms with van der Waals surface area (Å²) in [5.74, 6) is 0.953. The van der Waals surface area contributed by atoms with Crippen LogP contribution in [0.5, 0.6) is 0 Å². The van der Waals surface area contributed by atoms with Crippen LogP contribution in [0.4, 0.5) is 0 Å². The molecule has 1 aliphatic heterocycles. The van der Waals surface area contributed by atoms with Gasteiger partial charge in [-0.3, -0.25) is 0 Å². The molecule has 0 amide bonds. The topological polar surface area (TPSA) is 12.5 Å². The first-order valence-electron chi connectivity index (χ1n) is 5.29. The SMILES string of the molecule is CC1CCN(CCCCOI)CC1. The Morgan fingerprint density at radius 1 is 1.31 bits per heavy atom. The third kappa shape index (κ3) is 5.18. The zero-order valence-corrected chi connectivity index (χ0v) is 10.6. The van der Waals surface area contributed by atoms with Gasteiger partial charge in [0.1, 0.15) is 23.0 Å². The lowest BCUT2D eigenvalue weighted by molar-refractivity contribution is 0.187. The average Bonchev–Trinajstić information content (AvgIpc) is 2.15. The van der Waals surface area contributed by atoms with E-state index in [1.54, 1.807) is 0 Å². The van der Waals surface area contributed by atoms with Crippen LogP contribution in [0.15, 0.2) is 0 Å². The second kappa shape index (κ2) is 7.01. The summed E-state index contributed by atoms with van der Waals surface area (Å²) in [5, 5.41) is 0. The highest BCUT2D eigenvalue weighted by molar-refractivity contribution is 14.1. The molecule has 0 aromatic carbocycles. The molecule has 0 aromatic rings. The molecule has 0 unspecified atom stereocenters. The summed E-state index contributed by atoms with van der Waals surface area (Å²) in [6, 6.07) is 0. The first-order valence-corrected chi connectivity index (χ1v) is 6.17. The zero-order valence-electron chi connectivity index (χ0n) is 8.47. The predicted octanol–water partition coefficient (Wildman–Crippen LogP) is 2.87. The number of likely N-dealkylation sites (tertiary alicyclic amines) is 1. The second-order valence-electron chi connectivity index (χ2n) is 4.04. The summed E-state index contributed by atoms with van der Waals surface area (Å²) in [5.41, 5.74) is 0. The van der Waals surface area contributed by atoms with Crippen LogP contribution in [0.3, 0.4) is 0 Å². The summed E-state index contributed by atoms with van der Waals surface area (Å²) in [4.78, 5) is 2.59. The molecule has 0 N–H and O–H groups in total. The van der Waals surface area contributed by atoms with Crippen molar-refractivity contribution in [3.05, 3.63) is 0 Å². The minimum absolute atomic E-state index is 0.908. The Bertz CT molecular complexity index is 124. The number of unbranched alkanes of at least 4 members (excludes halogenated alkanes) is 1. The molecule has 0 spiro atoms. The van der Waals surface area contributed by atoms with Gasteiger partial charge in [0.2, 0.25) is 0 Å². The van der Waals surface area contributed by atoms with Crippen LogP contribution in [0, 0.1) is 5.92 Å². The quantitative estimate of drug-likeness (QED) is 0.571. The van der Waals surface area contributed by atoms with Crippen molar-refractivity contribution in [3.8, 4) is 0 Å². The molecule has 1 fully saturated rings. The van der Waals surface area contributed by atoms with Crippen LogP contribution < -0.4 is 0 Å². The first kappa shape index (κ1) is 11.7. The number of rotatable bonds is 5. The Morgan fingerprint density at radius 2 is 2.00 bits per heavy atom. The maximum absolute atomic E-state index is 5.00. The molecule has 0 aromatic heterocycles. The van der Waals surface area contributed by atoms with Crippen molar-refractivity contribution in [1.29, 1.82) is 0 Å². The molecule has 0 aliphatic carbocycles. The fourth-order valence-electron chi connectivity index (χ4n) is 1.78. The van der Waals surface area contributed by atoms with Crippen LogP contribution in [0.1, 0.15) is 32.6 Å². The Morgan fingerprint density at radius 3 is 2.62 bits per heavy atom. The van der Waals surface area contributed by atoms with Gasteiger partial charge < -0.3 is 7.97 Å². The minimum atomic E-state index is 0.908. The van der Waals surface area contributed by atoms with Crippen molar-refractivity contribution in [3.63, 3.8) is 0 Å². The van der Waals surface area contributed by atoms with Gasteiger partial charge in [-0.05, 0) is 51.2 Å². The van der Waals surface area contributed by atoms with Crippen molar-refractivity contribution >= 4 is 23.0 Å². The van der Waals surface area contributed by atoms with Gasteiger partial charge in [0, 0.05) is 0 Å². The maximum Gasteiger partial charge on any atom is 0.109 e. The standard InChI is InChI=1S/C10H20INO/c1-10-4-7-12(8-5-10)6-2-3-9-13-11/h10H,2-9H2,1H3. The highest BCUT2D eigenvalue weighted by Gasteiger charge is 2.14. The Labute approximate surface area is 95.7 Å². The molecule has 2 nitrogen and oxygen atoms in total. The van der Waals surface area contributed by atoms with Gasteiger partial charge in [0.15, 0.2) is 0 Å². The first-order chi connectivity index (χ1) is 6.33. The molecule has 0 bridgehead atoms. The molecule has 0 atom stereocenters. The number of hydrogen-bond acceptors (Lipinski definition) is 2. The lowest BCUT2D eigenvalue weighted by atomic mass is 9.99. The van der Waals surface area contributed by atoms with E-state index in [-0.39, 0.29) is 0 Å². The van der Waals surface area contributed by atoms with Gasteiger partial charge in [-0.2, -0.15) is 0 Å². The van der Waals surface area contributed by atoms with E-state index < -0.39 is 0 Å². The molecule has 3 heteroatoms. The van der Waals surface area contributed by atoms with E-state index in [4.69, 9.17) is 3.07 Å². The highest BCUT2D eigenvalue weighted by atomic mass is 127. The van der Waals surface area contributed by atoms with Crippen molar-refractivity contribution < 1.29 is 3.07 Å². The van der Waals surface area contributed by atoms with E-state index in [0.29, 0.717) is 0 Å². The lowest BCUT2D eigenvalue weighted by Gasteiger charge is -2.29. The normalized spacial score (nSPS) is 20.8. The number of piperidine rings is 1. The Balaban J connectivity index is 1.96. The predicted molar refractivity (Wildman–Crippen MR) is 64.0 cm³/mol. The molecule has 1 aliphatic rings. The molecule has 1 rings (SSSR count). The number of hydrogen-bond donors (Lipinski definition) is 0. The van der Waals surface area contributed by atoms with Crippen LogP contribution in [0.2, 0.25) is 0 Å². The van der Waals surface area contributed by atoms with Gasteiger partial charge in [-0.1, -0.05) is 6.92 Å². The monoisotopic (exact) mass is 297 g/mol.